The molecule has 0 aliphatic carbocycles. The molecule has 0 aromatic heterocycles. The van der Waals surface area contributed by atoms with Crippen molar-refractivity contribution in [3.8, 4) is 5.75 Å². The van der Waals surface area contributed by atoms with Crippen LogP contribution >= 0.6 is 33.5 Å². The first-order chi connectivity index (χ1) is 18.8. The number of aromatic hydroxyl groups is 1. The molecule has 0 heterocycles. The Morgan fingerprint density at radius 1 is 0.700 bits per heavy atom. The molecule has 0 aliphatic heterocycles. The van der Waals surface area contributed by atoms with Gasteiger partial charge in [0.25, 0.3) is 0 Å². The van der Waals surface area contributed by atoms with Gasteiger partial charge in [0.05, 0.1) is 13.2 Å². The van der Waals surface area contributed by atoms with Gasteiger partial charge in [-0.3, -0.25) is 0 Å². The van der Waals surface area contributed by atoms with E-state index in [4.69, 9.17) is 30.9 Å². The Labute approximate surface area is 260 Å². The summed E-state index contributed by atoms with van der Waals surface area (Å²) in [6, 6.07) is 34.3. The molecule has 0 radical (unpaired) electrons. The molecule has 4 aromatic carbocycles. The van der Waals surface area contributed by atoms with E-state index in [-0.39, 0.29) is 10.8 Å². The number of phenols is 1. The van der Waals surface area contributed by atoms with Crippen LogP contribution in [0.5, 0.6) is 5.75 Å². The molecule has 0 atom stereocenters. The molecule has 7 heteroatoms. The first kappa shape index (κ1) is 33.2. The standard InChI is InChI=1S/C33H37NOP.3ClH.Zr/c1-32(2,3)25-21-24(31(35)28(22-25)33(4,5)6)23-34-29-19-13-14-20-30(29)36(26-15-9-7-10-16-26)27-17-11-8-12-18-27;;;;/h7-22,35H,23H2,1-6H3;3*1H;/q-1;;;;+3/p-2. The van der Waals surface area contributed by atoms with E-state index in [1.165, 1.54) is 21.5 Å². The second kappa shape index (κ2) is 14.7. The van der Waals surface area contributed by atoms with Gasteiger partial charge in [0, 0.05) is 0 Å². The predicted molar refractivity (Wildman–Crippen MR) is 176 cm³/mol. The number of hydrogen-bond acceptors (Lipinski definition) is 1. The third kappa shape index (κ3) is 9.34. The van der Waals surface area contributed by atoms with E-state index >= 15 is 0 Å². The van der Waals surface area contributed by atoms with Crippen LogP contribution in [0.4, 0.5) is 5.69 Å². The van der Waals surface area contributed by atoms with Crippen LogP contribution in [-0.2, 0) is 35.5 Å². The zero-order valence-electron chi connectivity index (χ0n) is 24.0. The maximum atomic E-state index is 11.3. The fraction of sp³-hybridized carbons (Fsp3) is 0.273. The van der Waals surface area contributed by atoms with Crippen LogP contribution in [0.1, 0.15) is 58.2 Å². The van der Waals surface area contributed by atoms with Gasteiger partial charge in [0.15, 0.2) is 0 Å². The molecule has 40 heavy (non-hydrogen) atoms. The van der Waals surface area contributed by atoms with Gasteiger partial charge < -0.3 is 10.4 Å². The van der Waals surface area contributed by atoms with E-state index in [0.717, 1.165) is 16.8 Å². The van der Waals surface area contributed by atoms with Crippen molar-refractivity contribution in [2.45, 2.75) is 58.9 Å². The van der Waals surface area contributed by atoms with Crippen molar-refractivity contribution in [3.05, 3.63) is 119 Å². The van der Waals surface area contributed by atoms with Crippen LogP contribution in [0.15, 0.2) is 97.1 Å². The number of hydrogen-bond donors (Lipinski definition) is 1. The molecule has 0 unspecified atom stereocenters. The Hall–Kier alpha value is -1.34. The number of phenolic OH excluding ortho intramolecular Hbond substituents is 1. The Bertz CT molecular complexity index is 1330. The summed E-state index contributed by atoms with van der Waals surface area (Å²) < 4.78 is 0. The first-order valence-electron chi connectivity index (χ1n) is 13.2. The molecule has 0 amide bonds. The summed E-state index contributed by atoms with van der Waals surface area (Å²) >= 11 is -2.13. The van der Waals surface area contributed by atoms with Gasteiger partial charge in [-0.25, -0.2) is 0 Å². The number of benzene rings is 4. The fourth-order valence-electron chi connectivity index (χ4n) is 4.50. The third-order valence-corrected chi connectivity index (χ3v) is 9.36. The zero-order valence-corrected chi connectivity index (χ0v) is 29.7. The van der Waals surface area contributed by atoms with E-state index in [1.54, 1.807) is 0 Å². The molecule has 211 valence electrons. The van der Waals surface area contributed by atoms with E-state index in [2.05, 4.69) is 139 Å². The van der Waals surface area contributed by atoms with Crippen molar-refractivity contribution in [1.82, 2.24) is 0 Å². The van der Waals surface area contributed by atoms with E-state index in [1.807, 2.05) is 0 Å². The van der Waals surface area contributed by atoms with Crippen molar-refractivity contribution in [2.24, 2.45) is 0 Å². The van der Waals surface area contributed by atoms with Crippen molar-refractivity contribution in [1.29, 1.82) is 0 Å². The molecular formula is C33H38Cl3NOPZr. The molecular weight excluding hydrogens is 655 g/mol. The van der Waals surface area contributed by atoms with Crippen molar-refractivity contribution >= 4 is 55.1 Å². The normalized spacial score (nSPS) is 11.6. The first-order valence-corrected chi connectivity index (χ1v) is 24.2. The SMILES string of the molecule is CC(C)(C)c1cc(C[N-]c2ccccc2[PH+](c2ccccc2)c2ccccc2)c(O)c(C(C)(C)C)c1.[Cl][Zr]([Cl])[Cl]. The number of halogens is 3. The minimum atomic E-state index is -2.13. The minimum absolute atomic E-state index is 0.0167. The van der Waals surface area contributed by atoms with Crippen LogP contribution in [0.3, 0.4) is 0 Å². The predicted octanol–water partition coefficient (Wildman–Crippen LogP) is 9.75. The summed E-state index contributed by atoms with van der Waals surface area (Å²) in [5.74, 6) is 0.369. The molecule has 0 spiro atoms. The topological polar surface area (TPSA) is 34.3 Å². The van der Waals surface area contributed by atoms with Crippen LogP contribution in [-0.4, -0.2) is 5.11 Å². The van der Waals surface area contributed by atoms with Gasteiger partial charge in [-0.2, -0.15) is 0 Å². The molecule has 0 bridgehead atoms. The average Bonchev–Trinajstić information content (AvgIpc) is 2.88. The molecule has 1 N–H and O–H groups in total. The van der Waals surface area contributed by atoms with Gasteiger partial charge in [-0.1, -0.05) is 114 Å². The molecule has 2 nitrogen and oxygen atoms in total. The molecule has 4 aromatic rings. The number of para-hydroxylation sites is 1. The van der Waals surface area contributed by atoms with Gasteiger partial charge in [0.1, 0.15) is 16.4 Å². The van der Waals surface area contributed by atoms with Crippen molar-refractivity contribution in [3.63, 3.8) is 0 Å². The van der Waals surface area contributed by atoms with Gasteiger partial charge in [-0.05, 0) is 57.9 Å². The second-order valence-electron chi connectivity index (χ2n) is 11.7. The quantitative estimate of drug-likeness (QED) is 0.201. The summed E-state index contributed by atoms with van der Waals surface area (Å²) in [5.41, 5.74) is 3.91. The Kier molecular flexibility index (Phi) is 12.2. The molecule has 0 saturated heterocycles. The van der Waals surface area contributed by atoms with Crippen LogP contribution in [0.25, 0.3) is 5.32 Å². The molecule has 0 saturated carbocycles. The summed E-state index contributed by atoms with van der Waals surface area (Å²) in [4.78, 5) is 0. The van der Waals surface area contributed by atoms with E-state index in [0.29, 0.717) is 12.3 Å². The Balaban J connectivity index is 0.00000103. The Morgan fingerprint density at radius 3 is 1.65 bits per heavy atom. The van der Waals surface area contributed by atoms with Crippen LogP contribution < -0.4 is 15.9 Å². The summed E-state index contributed by atoms with van der Waals surface area (Å²) in [6.07, 6.45) is 0. The molecule has 4 rings (SSSR count). The summed E-state index contributed by atoms with van der Waals surface area (Å²) in [7, 11) is 13.8. The van der Waals surface area contributed by atoms with Crippen molar-refractivity contribution < 1.29 is 23.3 Å². The van der Waals surface area contributed by atoms with Gasteiger partial charge in [0.2, 0.25) is 0 Å². The third-order valence-electron chi connectivity index (χ3n) is 6.58. The second-order valence-corrected chi connectivity index (χ2v) is 25.3. The fourth-order valence-corrected chi connectivity index (χ4v) is 7.19. The van der Waals surface area contributed by atoms with Crippen LogP contribution in [0.2, 0.25) is 0 Å². The summed E-state index contributed by atoms with van der Waals surface area (Å²) in [6.45, 7) is 13.6. The van der Waals surface area contributed by atoms with Gasteiger partial charge >= 0.3 is 43.7 Å². The van der Waals surface area contributed by atoms with Gasteiger partial charge in [-0.15, -0.1) is 6.54 Å². The summed E-state index contributed by atoms with van der Waals surface area (Å²) in [5, 5.41) is 20.3. The molecule has 0 fully saturated rings. The maximum absolute atomic E-state index is 11.3. The monoisotopic (exact) mass is 690 g/mol. The zero-order chi connectivity index (χ0) is 29.5. The number of rotatable bonds is 6. The van der Waals surface area contributed by atoms with Crippen LogP contribution in [0, 0.1) is 0 Å². The molecule has 0 aliphatic rings. The number of nitrogens with zero attached hydrogens (tertiary/aromatic N) is 1. The van der Waals surface area contributed by atoms with Crippen molar-refractivity contribution in [2.75, 3.05) is 0 Å². The van der Waals surface area contributed by atoms with E-state index < -0.39 is 26.1 Å². The average molecular weight is 693 g/mol. The van der Waals surface area contributed by atoms with E-state index in [9.17, 15) is 5.11 Å². The Morgan fingerprint density at radius 2 is 1.18 bits per heavy atom.